The van der Waals surface area contributed by atoms with Gasteiger partial charge in [0.25, 0.3) is 0 Å². The fourth-order valence-electron chi connectivity index (χ4n) is 3.17. The second-order valence-corrected chi connectivity index (χ2v) is 7.20. The van der Waals surface area contributed by atoms with Crippen molar-refractivity contribution in [2.24, 2.45) is 0 Å². The van der Waals surface area contributed by atoms with E-state index in [2.05, 4.69) is 22.0 Å². The molecule has 1 N–H and O–H groups in total. The summed E-state index contributed by atoms with van der Waals surface area (Å²) in [6.45, 7) is 3.22. The third-order valence-electron chi connectivity index (χ3n) is 4.76. The summed E-state index contributed by atoms with van der Waals surface area (Å²) in [6.07, 6.45) is -2.01. The third-order valence-corrected chi connectivity index (χ3v) is 4.76. The van der Waals surface area contributed by atoms with E-state index in [0.717, 1.165) is 23.3 Å². The van der Waals surface area contributed by atoms with Crippen LogP contribution in [0, 0.1) is 0 Å². The van der Waals surface area contributed by atoms with E-state index in [1.165, 1.54) is 18.3 Å². The molecule has 2 atom stereocenters. The first-order chi connectivity index (χ1) is 13.7. The van der Waals surface area contributed by atoms with Gasteiger partial charge in [-0.05, 0) is 48.6 Å². The SMILES string of the molecule is CC1CCOc2cc(CC(=O)N[C@H](C)c3ccc(OCC(F)(F)F)cn3)ccc21. The van der Waals surface area contributed by atoms with Gasteiger partial charge in [-0.2, -0.15) is 13.2 Å². The van der Waals surface area contributed by atoms with Crippen molar-refractivity contribution in [1.82, 2.24) is 10.3 Å². The number of pyridine rings is 1. The molecule has 3 rings (SSSR count). The highest BCUT2D eigenvalue weighted by Gasteiger charge is 2.28. The van der Waals surface area contributed by atoms with Gasteiger partial charge < -0.3 is 14.8 Å². The number of benzene rings is 1. The second-order valence-electron chi connectivity index (χ2n) is 7.20. The minimum atomic E-state index is -4.40. The first kappa shape index (κ1) is 21.0. The van der Waals surface area contributed by atoms with Gasteiger partial charge >= 0.3 is 6.18 Å². The van der Waals surface area contributed by atoms with Gasteiger partial charge in [-0.25, -0.2) is 0 Å². The second kappa shape index (κ2) is 8.71. The largest absolute Gasteiger partial charge is 0.493 e. The van der Waals surface area contributed by atoms with E-state index in [-0.39, 0.29) is 18.1 Å². The van der Waals surface area contributed by atoms with Crippen LogP contribution in [-0.4, -0.2) is 30.3 Å². The molecule has 1 aliphatic rings. The average molecular weight is 408 g/mol. The predicted molar refractivity (Wildman–Crippen MR) is 101 cm³/mol. The lowest BCUT2D eigenvalue weighted by Gasteiger charge is -2.23. The Morgan fingerprint density at radius 2 is 2.14 bits per heavy atom. The van der Waals surface area contributed by atoms with Crippen molar-refractivity contribution < 1.29 is 27.4 Å². The zero-order valence-corrected chi connectivity index (χ0v) is 16.3. The van der Waals surface area contributed by atoms with Crippen molar-refractivity contribution in [1.29, 1.82) is 0 Å². The Bertz CT molecular complexity index is 853. The lowest BCUT2D eigenvalue weighted by atomic mass is 9.93. The van der Waals surface area contributed by atoms with Crippen LogP contribution in [-0.2, 0) is 11.2 Å². The highest BCUT2D eigenvalue weighted by atomic mass is 19.4. The molecule has 1 aromatic heterocycles. The van der Waals surface area contributed by atoms with Gasteiger partial charge in [0.1, 0.15) is 11.5 Å². The zero-order chi connectivity index (χ0) is 21.0. The molecule has 1 unspecified atom stereocenters. The minimum absolute atomic E-state index is 0.0212. The van der Waals surface area contributed by atoms with Crippen molar-refractivity contribution >= 4 is 5.91 Å². The van der Waals surface area contributed by atoms with Gasteiger partial charge in [-0.3, -0.25) is 9.78 Å². The summed E-state index contributed by atoms with van der Waals surface area (Å²) in [7, 11) is 0. The van der Waals surface area contributed by atoms with E-state index in [9.17, 15) is 18.0 Å². The van der Waals surface area contributed by atoms with E-state index in [4.69, 9.17) is 4.74 Å². The quantitative estimate of drug-likeness (QED) is 0.773. The number of hydrogen-bond acceptors (Lipinski definition) is 4. The normalized spacial score (nSPS) is 17.1. The van der Waals surface area contributed by atoms with Crippen LogP contribution < -0.4 is 14.8 Å². The fourth-order valence-corrected chi connectivity index (χ4v) is 3.17. The maximum Gasteiger partial charge on any atom is 0.422 e. The van der Waals surface area contributed by atoms with Gasteiger partial charge in [0, 0.05) is 0 Å². The number of rotatable bonds is 6. The van der Waals surface area contributed by atoms with Crippen LogP contribution in [0.3, 0.4) is 0 Å². The number of aromatic nitrogens is 1. The zero-order valence-electron chi connectivity index (χ0n) is 16.3. The molecule has 156 valence electrons. The fraction of sp³-hybridized carbons (Fsp3) is 0.429. The number of amides is 1. The number of ether oxygens (including phenoxy) is 2. The van der Waals surface area contributed by atoms with Gasteiger partial charge in [-0.1, -0.05) is 19.1 Å². The molecule has 2 aromatic rings. The molecule has 0 saturated heterocycles. The lowest BCUT2D eigenvalue weighted by molar-refractivity contribution is -0.153. The molecule has 1 aromatic carbocycles. The monoisotopic (exact) mass is 408 g/mol. The van der Waals surface area contributed by atoms with Crippen LogP contribution in [0.15, 0.2) is 36.5 Å². The molecule has 1 aliphatic heterocycles. The third kappa shape index (κ3) is 5.85. The summed E-state index contributed by atoms with van der Waals surface area (Å²) in [5.41, 5.74) is 2.54. The number of nitrogens with one attached hydrogen (secondary N) is 1. The predicted octanol–water partition coefficient (Wildman–Crippen LogP) is 4.33. The molecule has 0 aliphatic carbocycles. The maximum atomic E-state index is 12.4. The molecule has 0 saturated carbocycles. The van der Waals surface area contributed by atoms with Crippen LogP contribution in [0.1, 0.15) is 49.0 Å². The van der Waals surface area contributed by atoms with Crippen molar-refractivity contribution in [2.45, 2.75) is 44.8 Å². The van der Waals surface area contributed by atoms with E-state index in [1.807, 2.05) is 18.2 Å². The highest BCUT2D eigenvalue weighted by Crippen LogP contribution is 2.34. The smallest absolute Gasteiger partial charge is 0.422 e. The Morgan fingerprint density at radius 1 is 1.34 bits per heavy atom. The van der Waals surface area contributed by atoms with Crippen molar-refractivity contribution in [2.75, 3.05) is 13.2 Å². The molecule has 0 fully saturated rings. The molecule has 0 radical (unpaired) electrons. The van der Waals surface area contributed by atoms with Crippen LogP contribution in [0.4, 0.5) is 13.2 Å². The summed E-state index contributed by atoms with van der Waals surface area (Å²) < 4.78 is 46.9. The first-order valence-electron chi connectivity index (χ1n) is 9.42. The number of carbonyl (C=O) groups excluding carboxylic acids is 1. The van der Waals surface area contributed by atoms with Crippen molar-refractivity contribution in [3.8, 4) is 11.5 Å². The molecule has 8 heteroatoms. The number of hydrogen-bond donors (Lipinski definition) is 1. The number of alkyl halides is 3. The average Bonchev–Trinajstić information content (AvgIpc) is 2.66. The van der Waals surface area contributed by atoms with E-state index < -0.39 is 18.8 Å². The van der Waals surface area contributed by atoms with Crippen LogP contribution in [0.2, 0.25) is 0 Å². The standard InChI is InChI=1S/C21H23F3N2O3/c1-13-7-8-28-19-9-15(3-5-17(13)19)10-20(27)26-14(2)18-6-4-16(11-25-18)29-12-21(22,23)24/h3-6,9,11,13-14H,7-8,10,12H2,1-2H3,(H,26,27)/t13?,14-/m1/s1. The van der Waals surface area contributed by atoms with Crippen LogP contribution in [0.5, 0.6) is 11.5 Å². The summed E-state index contributed by atoms with van der Waals surface area (Å²) in [5, 5.41) is 2.85. The summed E-state index contributed by atoms with van der Waals surface area (Å²) in [5.74, 6) is 1.11. The van der Waals surface area contributed by atoms with Gasteiger partial charge in [0.2, 0.25) is 5.91 Å². The van der Waals surface area contributed by atoms with Gasteiger partial charge in [-0.15, -0.1) is 0 Å². The van der Waals surface area contributed by atoms with E-state index >= 15 is 0 Å². The topological polar surface area (TPSA) is 60.5 Å². The number of fused-ring (bicyclic) bond motifs is 1. The highest BCUT2D eigenvalue weighted by molar-refractivity contribution is 5.79. The van der Waals surface area contributed by atoms with Crippen LogP contribution >= 0.6 is 0 Å². The molecule has 0 spiro atoms. The molecule has 0 bridgehead atoms. The maximum absolute atomic E-state index is 12.4. The first-order valence-corrected chi connectivity index (χ1v) is 9.42. The van der Waals surface area contributed by atoms with Crippen LogP contribution in [0.25, 0.3) is 0 Å². The van der Waals surface area contributed by atoms with Crippen molar-refractivity contribution in [3.05, 3.63) is 53.3 Å². The molecule has 29 heavy (non-hydrogen) atoms. The number of nitrogens with zero attached hydrogens (tertiary/aromatic N) is 1. The molecule has 1 amide bonds. The Kier molecular flexibility index (Phi) is 6.30. The summed E-state index contributed by atoms with van der Waals surface area (Å²) >= 11 is 0. The Labute approximate surface area is 167 Å². The van der Waals surface area contributed by atoms with E-state index in [0.29, 0.717) is 18.2 Å². The Morgan fingerprint density at radius 3 is 2.83 bits per heavy atom. The molecular formula is C21H23F3N2O3. The minimum Gasteiger partial charge on any atom is -0.493 e. The van der Waals surface area contributed by atoms with Crippen molar-refractivity contribution in [3.63, 3.8) is 0 Å². The molecular weight excluding hydrogens is 385 g/mol. The number of halogens is 3. The Balaban J connectivity index is 1.55. The summed E-state index contributed by atoms with van der Waals surface area (Å²) in [4.78, 5) is 16.5. The molecule has 5 nitrogen and oxygen atoms in total. The van der Waals surface area contributed by atoms with E-state index in [1.54, 1.807) is 6.92 Å². The summed E-state index contributed by atoms with van der Waals surface area (Å²) in [6, 6.07) is 8.38. The lowest BCUT2D eigenvalue weighted by Crippen LogP contribution is -2.28. The Hall–Kier alpha value is -2.77. The van der Waals surface area contributed by atoms with Gasteiger partial charge in [0.15, 0.2) is 6.61 Å². The van der Waals surface area contributed by atoms with Gasteiger partial charge in [0.05, 0.1) is 31.0 Å². The molecule has 2 heterocycles. The number of carbonyl (C=O) groups is 1.